The highest BCUT2D eigenvalue weighted by molar-refractivity contribution is 14.1. The topological polar surface area (TPSA) is 55.7 Å². The SMILES string of the molecule is Cc1ccc(S(=O)(=O)/N=C2\CCC[C@](CI)(Cc3ccccc3)O2)cc1. The normalized spacial score (nSPS) is 22.2. The third-order valence-electron chi connectivity index (χ3n) is 4.51. The molecule has 1 saturated heterocycles. The molecular formula is C20H22INO3S. The Morgan fingerprint density at radius 3 is 2.46 bits per heavy atom. The lowest BCUT2D eigenvalue weighted by molar-refractivity contribution is 0.0517. The first-order valence-corrected chi connectivity index (χ1v) is 11.6. The molecule has 1 aliphatic rings. The van der Waals surface area contributed by atoms with Gasteiger partial charge < -0.3 is 4.74 Å². The summed E-state index contributed by atoms with van der Waals surface area (Å²) in [5, 5.41) is 0. The van der Waals surface area contributed by atoms with Crippen LogP contribution in [-0.4, -0.2) is 24.3 Å². The van der Waals surface area contributed by atoms with E-state index in [-0.39, 0.29) is 4.90 Å². The quantitative estimate of drug-likeness (QED) is 0.458. The average molecular weight is 483 g/mol. The summed E-state index contributed by atoms with van der Waals surface area (Å²) in [5.74, 6) is 0.324. The van der Waals surface area contributed by atoms with Crippen molar-refractivity contribution in [2.75, 3.05) is 4.43 Å². The Balaban J connectivity index is 1.84. The number of benzene rings is 2. The second kappa shape index (κ2) is 8.08. The van der Waals surface area contributed by atoms with Gasteiger partial charge in [0.1, 0.15) is 5.60 Å². The summed E-state index contributed by atoms with van der Waals surface area (Å²) in [5.41, 5.74) is 1.80. The monoisotopic (exact) mass is 483 g/mol. The van der Waals surface area contributed by atoms with Crippen LogP contribution >= 0.6 is 22.6 Å². The average Bonchev–Trinajstić information content (AvgIpc) is 2.63. The lowest BCUT2D eigenvalue weighted by Gasteiger charge is -2.37. The molecule has 0 saturated carbocycles. The molecule has 26 heavy (non-hydrogen) atoms. The Kier molecular flexibility index (Phi) is 6.02. The first-order chi connectivity index (χ1) is 12.4. The number of nitrogens with zero attached hydrogens (tertiary/aromatic N) is 1. The van der Waals surface area contributed by atoms with Crippen LogP contribution in [0, 0.1) is 6.92 Å². The van der Waals surface area contributed by atoms with Gasteiger partial charge in [0.25, 0.3) is 10.0 Å². The fourth-order valence-corrected chi connectivity index (χ4v) is 4.90. The van der Waals surface area contributed by atoms with Crippen LogP contribution in [0.5, 0.6) is 0 Å². The number of aryl methyl sites for hydroxylation is 1. The fraction of sp³-hybridized carbons (Fsp3) is 0.350. The third-order valence-corrected chi connectivity index (χ3v) is 7.21. The Hall–Kier alpha value is -1.41. The first kappa shape index (κ1) is 19.4. The molecule has 0 spiro atoms. The van der Waals surface area contributed by atoms with E-state index in [0.29, 0.717) is 12.3 Å². The first-order valence-electron chi connectivity index (χ1n) is 8.62. The smallest absolute Gasteiger partial charge is 0.285 e. The highest BCUT2D eigenvalue weighted by Crippen LogP contribution is 2.32. The lowest BCUT2D eigenvalue weighted by Crippen LogP contribution is -2.42. The van der Waals surface area contributed by atoms with Crippen LogP contribution in [0.15, 0.2) is 63.9 Å². The summed E-state index contributed by atoms with van der Waals surface area (Å²) in [6.45, 7) is 1.92. The largest absolute Gasteiger partial charge is 0.472 e. The Morgan fingerprint density at radius 2 is 1.81 bits per heavy atom. The van der Waals surface area contributed by atoms with Gasteiger partial charge in [0, 0.05) is 17.3 Å². The minimum absolute atomic E-state index is 0.202. The molecule has 138 valence electrons. The van der Waals surface area contributed by atoms with Gasteiger partial charge in [-0.25, -0.2) is 0 Å². The molecule has 4 nitrogen and oxygen atoms in total. The molecule has 0 aromatic heterocycles. The van der Waals surface area contributed by atoms with E-state index < -0.39 is 15.6 Å². The summed E-state index contributed by atoms with van der Waals surface area (Å²) < 4.78 is 36.2. The zero-order valence-electron chi connectivity index (χ0n) is 14.7. The number of ether oxygens (including phenoxy) is 1. The number of halogens is 1. The number of hydrogen-bond donors (Lipinski definition) is 0. The number of hydrogen-bond acceptors (Lipinski definition) is 3. The van der Waals surface area contributed by atoms with Gasteiger partial charge in [0.15, 0.2) is 0 Å². The molecule has 0 N–H and O–H groups in total. The summed E-state index contributed by atoms with van der Waals surface area (Å²) in [6, 6.07) is 16.9. The molecule has 1 atom stereocenters. The van der Waals surface area contributed by atoms with Crippen molar-refractivity contribution in [2.24, 2.45) is 4.40 Å². The second-order valence-corrected chi connectivity index (χ2v) is 9.07. The highest BCUT2D eigenvalue weighted by Gasteiger charge is 2.36. The molecule has 1 aliphatic heterocycles. The van der Waals surface area contributed by atoms with Crippen molar-refractivity contribution in [3.05, 3.63) is 65.7 Å². The predicted octanol–water partition coefficient (Wildman–Crippen LogP) is 4.70. The van der Waals surface area contributed by atoms with E-state index >= 15 is 0 Å². The molecule has 1 fully saturated rings. The van der Waals surface area contributed by atoms with Gasteiger partial charge in [-0.05, 0) is 37.5 Å². The number of sulfonamides is 1. The Morgan fingerprint density at radius 1 is 1.12 bits per heavy atom. The Labute approximate surface area is 168 Å². The Bertz CT molecular complexity index is 879. The summed E-state index contributed by atoms with van der Waals surface area (Å²) in [4.78, 5) is 0.202. The van der Waals surface area contributed by atoms with Crippen LogP contribution < -0.4 is 0 Å². The van der Waals surface area contributed by atoms with Crippen LogP contribution in [0.3, 0.4) is 0 Å². The minimum atomic E-state index is -3.75. The fourth-order valence-electron chi connectivity index (χ4n) is 3.11. The van der Waals surface area contributed by atoms with Gasteiger partial charge in [-0.1, -0.05) is 70.6 Å². The van der Waals surface area contributed by atoms with Crippen LogP contribution in [0.1, 0.15) is 30.4 Å². The minimum Gasteiger partial charge on any atom is -0.472 e. The van der Waals surface area contributed by atoms with Gasteiger partial charge in [-0.2, -0.15) is 8.42 Å². The van der Waals surface area contributed by atoms with Crippen LogP contribution in [-0.2, 0) is 21.2 Å². The maximum absolute atomic E-state index is 12.6. The van der Waals surface area contributed by atoms with Crippen molar-refractivity contribution in [2.45, 2.75) is 43.1 Å². The molecule has 2 aromatic carbocycles. The van der Waals surface area contributed by atoms with Gasteiger partial charge in [-0.3, -0.25) is 0 Å². The van der Waals surface area contributed by atoms with Crippen molar-refractivity contribution >= 4 is 38.5 Å². The van der Waals surface area contributed by atoms with E-state index in [1.54, 1.807) is 24.3 Å². The van der Waals surface area contributed by atoms with E-state index in [1.807, 2.05) is 25.1 Å². The van der Waals surface area contributed by atoms with E-state index in [1.165, 1.54) is 5.56 Å². The maximum Gasteiger partial charge on any atom is 0.285 e. The van der Waals surface area contributed by atoms with Gasteiger partial charge in [0.05, 0.1) is 4.90 Å². The molecule has 6 heteroatoms. The van der Waals surface area contributed by atoms with E-state index in [2.05, 4.69) is 39.1 Å². The third kappa shape index (κ3) is 4.65. The van der Waals surface area contributed by atoms with Gasteiger partial charge in [-0.15, -0.1) is 4.40 Å². The molecule has 2 aromatic rings. The molecule has 0 unspecified atom stereocenters. The second-order valence-electron chi connectivity index (χ2n) is 6.71. The zero-order chi connectivity index (χ0) is 18.6. The van der Waals surface area contributed by atoms with Crippen molar-refractivity contribution in [1.82, 2.24) is 0 Å². The number of alkyl halides is 1. The summed E-state index contributed by atoms with van der Waals surface area (Å²) >= 11 is 2.32. The van der Waals surface area contributed by atoms with Crippen molar-refractivity contribution in [3.63, 3.8) is 0 Å². The molecule has 0 amide bonds. The zero-order valence-corrected chi connectivity index (χ0v) is 17.7. The molecule has 0 radical (unpaired) electrons. The van der Waals surface area contributed by atoms with E-state index in [4.69, 9.17) is 4.74 Å². The molecular weight excluding hydrogens is 461 g/mol. The summed E-state index contributed by atoms with van der Waals surface area (Å²) in [7, 11) is -3.75. The molecule has 3 rings (SSSR count). The van der Waals surface area contributed by atoms with Gasteiger partial charge >= 0.3 is 0 Å². The van der Waals surface area contributed by atoms with E-state index in [9.17, 15) is 8.42 Å². The van der Waals surface area contributed by atoms with Crippen LogP contribution in [0.2, 0.25) is 0 Å². The standard InChI is InChI=1S/C20H22INO3S/c1-16-9-11-18(12-10-16)26(23,24)22-19-8-5-13-20(15-21,25-19)14-17-6-3-2-4-7-17/h2-4,6-7,9-12H,5,8,13-15H2,1H3/b22-19+/t20-/m1/s1. The molecule has 0 aliphatic carbocycles. The van der Waals surface area contributed by atoms with Crippen molar-refractivity contribution in [3.8, 4) is 0 Å². The summed E-state index contributed by atoms with van der Waals surface area (Å²) in [6.07, 6.45) is 3.07. The maximum atomic E-state index is 12.6. The number of rotatable bonds is 5. The van der Waals surface area contributed by atoms with Crippen LogP contribution in [0.25, 0.3) is 0 Å². The molecule has 1 heterocycles. The molecule has 0 bridgehead atoms. The lowest BCUT2D eigenvalue weighted by atomic mass is 9.89. The highest BCUT2D eigenvalue weighted by atomic mass is 127. The van der Waals surface area contributed by atoms with Crippen molar-refractivity contribution < 1.29 is 13.2 Å². The van der Waals surface area contributed by atoms with E-state index in [0.717, 1.165) is 29.3 Å². The van der Waals surface area contributed by atoms with Gasteiger partial charge in [0.2, 0.25) is 5.90 Å². The predicted molar refractivity (Wildman–Crippen MR) is 112 cm³/mol. The van der Waals surface area contributed by atoms with Crippen LogP contribution in [0.4, 0.5) is 0 Å². The van der Waals surface area contributed by atoms with Crippen molar-refractivity contribution in [1.29, 1.82) is 0 Å².